The molecule has 0 aromatic heterocycles. The third-order valence-electron chi connectivity index (χ3n) is 1.71. The number of benzene rings is 1. The first-order valence-corrected chi connectivity index (χ1v) is 6.27. The van der Waals surface area contributed by atoms with E-state index in [0.717, 1.165) is 4.47 Å². The smallest absolute Gasteiger partial charge is 0.267 e. The summed E-state index contributed by atoms with van der Waals surface area (Å²) in [6.07, 6.45) is 0. The van der Waals surface area contributed by atoms with Crippen molar-refractivity contribution in [3.8, 4) is 0 Å². The number of alkyl halides is 2. The molecule has 0 heterocycles. The molecule has 0 aliphatic heterocycles. The SMILES string of the molecule is O=C(NN=C(CCl)CCl)c1cccc(Br)c1. The zero-order chi connectivity index (χ0) is 12.0. The van der Waals surface area contributed by atoms with E-state index in [4.69, 9.17) is 23.2 Å². The molecule has 0 spiro atoms. The Kier molecular flexibility index (Phi) is 5.80. The highest BCUT2D eigenvalue weighted by Gasteiger charge is 2.04. The second-order valence-corrected chi connectivity index (χ2v) is 4.35. The van der Waals surface area contributed by atoms with Crippen molar-refractivity contribution in [1.29, 1.82) is 0 Å². The molecule has 1 N–H and O–H groups in total. The van der Waals surface area contributed by atoms with Gasteiger partial charge in [-0.25, -0.2) is 5.43 Å². The Hall–Kier alpha value is -0.580. The van der Waals surface area contributed by atoms with Crippen LogP contribution >= 0.6 is 39.1 Å². The lowest BCUT2D eigenvalue weighted by Gasteiger charge is -2.02. The van der Waals surface area contributed by atoms with Crippen molar-refractivity contribution in [2.45, 2.75) is 0 Å². The van der Waals surface area contributed by atoms with E-state index in [-0.39, 0.29) is 17.7 Å². The monoisotopic (exact) mass is 322 g/mol. The maximum absolute atomic E-state index is 11.6. The number of hydrogen-bond donors (Lipinski definition) is 1. The molecule has 0 saturated carbocycles. The van der Waals surface area contributed by atoms with Crippen LogP contribution in [0.25, 0.3) is 0 Å². The van der Waals surface area contributed by atoms with Gasteiger partial charge in [0, 0.05) is 10.0 Å². The molecule has 0 bridgehead atoms. The van der Waals surface area contributed by atoms with Gasteiger partial charge in [0.25, 0.3) is 5.91 Å². The van der Waals surface area contributed by atoms with Gasteiger partial charge in [-0.15, -0.1) is 23.2 Å². The first-order chi connectivity index (χ1) is 7.67. The molecule has 16 heavy (non-hydrogen) atoms. The van der Waals surface area contributed by atoms with Gasteiger partial charge in [0.05, 0.1) is 17.5 Å². The Balaban J connectivity index is 2.69. The third-order valence-corrected chi connectivity index (χ3v) is 2.82. The Morgan fingerprint density at radius 2 is 2.06 bits per heavy atom. The molecule has 0 radical (unpaired) electrons. The first-order valence-electron chi connectivity index (χ1n) is 4.40. The molecule has 6 heteroatoms. The molecular formula is C10H9BrCl2N2O. The van der Waals surface area contributed by atoms with Gasteiger partial charge in [0.2, 0.25) is 0 Å². The predicted molar refractivity (Wildman–Crippen MR) is 70.5 cm³/mol. The second kappa shape index (κ2) is 6.89. The number of rotatable bonds is 4. The molecule has 0 aliphatic carbocycles. The molecule has 1 aromatic rings. The lowest BCUT2D eigenvalue weighted by atomic mass is 10.2. The van der Waals surface area contributed by atoms with Crippen molar-refractivity contribution >= 4 is 50.8 Å². The van der Waals surface area contributed by atoms with E-state index in [1.165, 1.54) is 0 Å². The van der Waals surface area contributed by atoms with Crippen LogP contribution in [-0.4, -0.2) is 23.4 Å². The summed E-state index contributed by atoms with van der Waals surface area (Å²) in [7, 11) is 0. The van der Waals surface area contributed by atoms with Crippen LogP contribution in [0.15, 0.2) is 33.8 Å². The van der Waals surface area contributed by atoms with Crippen LogP contribution in [0.2, 0.25) is 0 Å². The van der Waals surface area contributed by atoms with Crippen LogP contribution in [0.1, 0.15) is 10.4 Å². The summed E-state index contributed by atoms with van der Waals surface area (Å²) >= 11 is 14.4. The van der Waals surface area contributed by atoms with Gasteiger partial charge in [-0.05, 0) is 18.2 Å². The molecule has 1 aromatic carbocycles. The van der Waals surface area contributed by atoms with E-state index >= 15 is 0 Å². The summed E-state index contributed by atoms with van der Waals surface area (Å²) in [5.41, 5.74) is 3.42. The van der Waals surface area contributed by atoms with Crippen molar-refractivity contribution < 1.29 is 4.79 Å². The maximum Gasteiger partial charge on any atom is 0.271 e. The summed E-state index contributed by atoms with van der Waals surface area (Å²) < 4.78 is 0.832. The first kappa shape index (κ1) is 13.5. The average molecular weight is 324 g/mol. The third kappa shape index (κ3) is 4.12. The molecule has 86 valence electrons. The summed E-state index contributed by atoms with van der Waals surface area (Å²) in [6.45, 7) is 0. The average Bonchev–Trinajstić information content (AvgIpc) is 2.30. The molecule has 0 fully saturated rings. The van der Waals surface area contributed by atoms with Gasteiger partial charge in [-0.3, -0.25) is 4.79 Å². The van der Waals surface area contributed by atoms with E-state index < -0.39 is 0 Å². The molecule has 0 saturated heterocycles. The Morgan fingerprint density at radius 1 is 1.38 bits per heavy atom. The van der Waals surface area contributed by atoms with E-state index in [1.54, 1.807) is 18.2 Å². The van der Waals surface area contributed by atoms with Crippen molar-refractivity contribution in [3.05, 3.63) is 34.3 Å². The molecule has 1 rings (SSSR count). The molecule has 3 nitrogen and oxygen atoms in total. The molecule has 1 amide bonds. The molecule has 0 unspecified atom stereocenters. The number of hydrazone groups is 1. The highest BCUT2D eigenvalue weighted by atomic mass is 79.9. The highest BCUT2D eigenvalue weighted by Crippen LogP contribution is 2.11. The fourth-order valence-corrected chi connectivity index (χ4v) is 1.72. The summed E-state index contributed by atoms with van der Waals surface area (Å²) in [6, 6.07) is 7.00. The maximum atomic E-state index is 11.6. The van der Waals surface area contributed by atoms with Crippen LogP contribution in [0.4, 0.5) is 0 Å². The highest BCUT2D eigenvalue weighted by molar-refractivity contribution is 9.10. The minimum Gasteiger partial charge on any atom is -0.267 e. The number of halogens is 3. The van der Waals surface area contributed by atoms with Gasteiger partial charge in [-0.1, -0.05) is 22.0 Å². The van der Waals surface area contributed by atoms with Crippen LogP contribution in [0.3, 0.4) is 0 Å². The molecule has 0 atom stereocenters. The van der Waals surface area contributed by atoms with Crippen molar-refractivity contribution in [3.63, 3.8) is 0 Å². The van der Waals surface area contributed by atoms with Crippen LogP contribution in [0, 0.1) is 0 Å². The Bertz CT molecular complexity index is 404. The number of nitrogens with one attached hydrogen (secondary N) is 1. The van der Waals surface area contributed by atoms with E-state index in [2.05, 4.69) is 26.5 Å². The summed E-state index contributed by atoms with van der Waals surface area (Å²) in [5, 5.41) is 3.80. The van der Waals surface area contributed by atoms with Gasteiger partial charge < -0.3 is 0 Å². The lowest BCUT2D eigenvalue weighted by Crippen LogP contribution is -2.20. The zero-order valence-electron chi connectivity index (χ0n) is 8.21. The number of carbonyl (C=O) groups is 1. The van der Waals surface area contributed by atoms with Crippen LogP contribution < -0.4 is 5.43 Å². The zero-order valence-corrected chi connectivity index (χ0v) is 11.3. The van der Waals surface area contributed by atoms with E-state index in [1.807, 2.05) is 6.07 Å². The standard InChI is InChI=1S/C10H9BrCl2N2O/c11-8-3-1-2-7(4-8)10(16)15-14-9(5-12)6-13/h1-4H,5-6H2,(H,15,16). The fourth-order valence-electron chi connectivity index (χ4n) is 0.920. The van der Waals surface area contributed by atoms with E-state index in [0.29, 0.717) is 11.3 Å². The quantitative estimate of drug-likeness (QED) is 0.516. The largest absolute Gasteiger partial charge is 0.271 e. The van der Waals surface area contributed by atoms with E-state index in [9.17, 15) is 4.79 Å². The molecular weight excluding hydrogens is 315 g/mol. The van der Waals surface area contributed by atoms with Crippen LogP contribution in [0.5, 0.6) is 0 Å². The van der Waals surface area contributed by atoms with Gasteiger partial charge >= 0.3 is 0 Å². The summed E-state index contributed by atoms with van der Waals surface area (Å²) in [4.78, 5) is 11.6. The fraction of sp³-hybridized carbons (Fsp3) is 0.200. The molecule has 0 aliphatic rings. The minimum atomic E-state index is -0.297. The lowest BCUT2D eigenvalue weighted by molar-refractivity contribution is 0.0954. The Morgan fingerprint density at radius 3 is 2.62 bits per heavy atom. The number of amides is 1. The number of carbonyl (C=O) groups excluding carboxylic acids is 1. The number of nitrogens with zero attached hydrogens (tertiary/aromatic N) is 1. The topological polar surface area (TPSA) is 41.5 Å². The second-order valence-electron chi connectivity index (χ2n) is 2.90. The van der Waals surface area contributed by atoms with Gasteiger partial charge in [-0.2, -0.15) is 5.10 Å². The van der Waals surface area contributed by atoms with Crippen LogP contribution in [-0.2, 0) is 0 Å². The van der Waals surface area contributed by atoms with Gasteiger partial charge in [0.15, 0.2) is 0 Å². The van der Waals surface area contributed by atoms with Crippen molar-refractivity contribution in [1.82, 2.24) is 5.43 Å². The predicted octanol–water partition coefficient (Wildman–Crippen LogP) is 3.01. The minimum absolute atomic E-state index is 0.197. The Labute approximate surface area is 112 Å². The summed E-state index contributed by atoms with van der Waals surface area (Å²) in [5.74, 6) is 0.0962. The van der Waals surface area contributed by atoms with Crippen molar-refractivity contribution in [2.75, 3.05) is 11.8 Å². The number of hydrogen-bond acceptors (Lipinski definition) is 2. The van der Waals surface area contributed by atoms with Gasteiger partial charge in [0.1, 0.15) is 0 Å². The normalized spacial score (nSPS) is 9.69. The van der Waals surface area contributed by atoms with Crippen molar-refractivity contribution in [2.24, 2.45) is 5.10 Å².